The lowest BCUT2D eigenvalue weighted by atomic mass is 10.3. The summed E-state index contributed by atoms with van der Waals surface area (Å²) in [7, 11) is 0. The van der Waals surface area contributed by atoms with Gasteiger partial charge >= 0.3 is 11.8 Å². The molecule has 1 aliphatic rings. The third-order valence-electron chi connectivity index (χ3n) is 3.38. The summed E-state index contributed by atoms with van der Waals surface area (Å²) >= 11 is 0. The Morgan fingerprint density at radius 2 is 2.05 bits per heavy atom. The van der Waals surface area contributed by atoms with Gasteiger partial charge in [0.05, 0.1) is 13.2 Å². The molecule has 7 nitrogen and oxygen atoms in total. The lowest BCUT2D eigenvalue weighted by Gasteiger charge is -2.26. The van der Waals surface area contributed by atoms with Crippen LogP contribution in [0.1, 0.15) is 12.1 Å². The number of aryl methyl sites for hydroxylation is 1. The van der Waals surface area contributed by atoms with Crippen molar-refractivity contribution in [3.63, 3.8) is 0 Å². The summed E-state index contributed by atoms with van der Waals surface area (Å²) in [4.78, 5) is 29.8. The summed E-state index contributed by atoms with van der Waals surface area (Å²) in [5.74, 6) is -0.941. The Hall–Kier alpha value is -1.99. The summed E-state index contributed by atoms with van der Waals surface area (Å²) in [5.41, 5.74) is 0.781. The van der Waals surface area contributed by atoms with Gasteiger partial charge in [-0.05, 0) is 32.0 Å². The second kappa shape index (κ2) is 8.45. The fourth-order valence-electron chi connectivity index (χ4n) is 2.20. The number of nitrogens with one attached hydrogen (secondary N) is 2. The molecule has 1 fully saturated rings. The number of amides is 2. The Bertz CT molecular complexity index is 515. The van der Waals surface area contributed by atoms with Gasteiger partial charge in [0.25, 0.3) is 0 Å². The van der Waals surface area contributed by atoms with Gasteiger partial charge in [-0.2, -0.15) is 0 Å². The van der Waals surface area contributed by atoms with E-state index in [0.29, 0.717) is 12.4 Å². The smallest absolute Gasteiger partial charge is 0.314 e. The molecular formula is C15H22N4O3. The molecule has 0 atom stereocenters. The molecule has 1 saturated heterocycles. The van der Waals surface area contributed by atoms with E-state index in [2.05, 4.69) is 20.5 Å². The van der Waals surface area contributed by atoms with Crippen molar-refractivity contribution >= 4 is 17.6 Å². The highest BCUT2D eigenvalue weighted by Crippen LogP contribution is 2.03. The molecule has 2 N–H and O–H groups in total. The van der Waals surface area contributed by atoms with Crippen LogP contribution >= 0.6 is 0 Å². The van der Waals surface area contributed by atoms with Gasteiger partial charge in [0, 0.05) is 25.3 Å². The fraction of sp³-hybridized carbons (Fsp3) is 0.533. The highest BCUT2D eigenvalue weighted by atomic mass is 16.5. The van der Waals surface area contributed by atoms with Gasteiger partial charge in [0.1, 0.15) is 5.82 Å². The second-order valence-electron chi connectivity index (χ2n) is 5.18. The first kappa shape index (κ1) is 16.4. The summed E-state index contributed by atoms with van der Waals surface area (Å²) in [6.07, 6.45) is 0.807. The number of anilines is 1. The Kier molecular flexibility index (Phi) is 6.29. The van der Waals surface area contributed by atoms with Crippen molar-refractivity contribution in [3.8, 4) is 0 Å². The standard InChI is InChI=1S/C15H22N4O3/c1-12-4-2-5-13(17-12)18-15(21)14(20)16-6-3-7-19-8-10-22-11-9-19/h2,4-5H,3,6-11H2,1H3,(H,16,20)(H,17,18,21). The number of aromatic nitrogens is 1. The van der Waals surface area contributed by atoms with E-state index in [1.165, 1.54) is 0 Å². The molecule has 2 amide bonds. The predicted molar refractivity (Wildman–Crippen MR) is 82.5 cm³/mol. The zero-order valence-electron chi connectivity index (χ0n) is 12.8. The third kappa shape index (κ3) is 5.42. The number of hydrogen-bond donors (Lipinski definition) is 2. The first-order valence-corrected chi connectivity index (χ1v) is 7.48. The van der Waals surface area contributed by atoms with Crippen LogP contribution in [-0.2, 0) is 14.3 Å². The van der Waals surface area contributed by atoms with E-state index in [9.17, 15) is 9.59 Å². The lowest BCUT2D eigenvalue weighted by Crippen LogP contribution is -2.39. The minimum absolute atomic E-state index is 0.383. The van der Waals surface area contributed by atoms with Crippen LogP contribution in [0.5, 0.6) is 0 Å². The molecule has 0 aromatic carbocycles. The Labute approximate surface area is 130 Å². The van der Waals surface area contributed by atoms with Gasteiger partial charge in [-0.3, -0.25) is 14.5 Å². The molecule has 0 spiro atoms. The summed E-state index contributed by atoms with van der Waals surface area (Å²) in [5, 5.41) is 5.10. The largest absolute Gasteiger partial charge is 0.379 e. The molecular weight excluding hydrogens is 284 g/mol. The SMILES string of the molecule is Cc1cccc(NC(=O)C(=O)NCCCN2CCOCC2)n1. The number of ether oxygens (including phenoxy) is 1. The summed E-state index contributed by atoms with van der Waals surface area (Å²) in [6.45, 7) is 6.56. The second-order valence-corrected chi connectivity index (χ2v) is 5.18. The van der Waals surface area contributed by atoms with Gasteiger partial charge < -0.3 is 15.4 Å². The van der Waals surface area contributed by atoms with Crippen LogP contribution in [0.15, 0.2) is 18.2 Å². The average Bonchev–Trinajstić information content (AvgIpc) is 2.52. The minimum atomic E-state index is -0.690. The first-order valence-electron chi connectivity index (χ1n) is 7.48. The van der Waals surface area contributed by atoms with Gasteiger partial charge in [-0.15, -0.1) is 0 Å². The van der Waals surface area contributed by atoms with Crippen molar-refractivity contribution in [2.45, 2.75) is 13.3 Å². The van der Waals surface area contributed by atoms with E-state index < -0.39 is 11.8 Å². The third-order valence-corrected chi connectivity index (χ3v) is 3.38. The molecule has 2 rings (SSSR count). The number of carbonyl (C=O) groups is 2. The molecule has 0 aliphatic carbocycles. The predicted octanol–water partition coefficient (Wildman–Crippen LogP) is 0.167. The monoisotopic (exact) mass is 306 g/mol. The van der Waals surface area contributed by atoms with Crippen molar-refractivity contribution in [1.29, 1.82) is 0 Å². The molecule has 1 aromatic heterocycles. The molecule has 0 unspecified atom stereocenters. The van der Waals surface area contributed by atoms with E-state index in [0.717, 1.165) is 45.0 Å². The molecule has 0 radical (unpaired) electrons. The van der Waals surface area contributed by atoms with Crippen LogP contribution in [0.25, 0.3) is 0 Å². The molecule has 0 saturated carbocycles. The number of hydrogen-bond acceptors (Lipinski definition) is 5. The molecule has 22 heavy (non-hydrogen) atoms. The van der Waals surface area contributed by atoms with E-state index in [1.807, 2.05) is 13.0 Å². The highest BCUT2D eigenvalue weighted by Gasteiger charge is 2.14. The fourth-order valence-corrected chi connectivity index (χ4v) is 2.20. The maximum absolute atomic E-state index is 11.7. The van der Waals surface area contributed by atoms with Crippen LogP contribution in [0.3, 0.4) is 0 Å². The van der Waals surface area contributed by atoms with Gasteiger partial charge in [-0.1, -0.05) is 6.07 Å². The van der Waals surface area contributed by atoms with E-state index >= 15 is 0 Å². The average molecular weight is 306 g/mol. The van der Waals surface area contributed by atoms with Crippen molar-refractivity contribution in [2.24, 2.45) is 0 Å². The summed E-state index contributed by atoms with van der Waals surface area (Å²) in [6, 6.07) is 5.25. The molecule has 0 bridgehead atoms. The van der Waals surface area contributed by atoms with Crippen molar-refractivity contribution in [1.82, 2.24) is 15.2 Å². The molecule has 7 heteroatoms. The lowest BCUT2D eigenvalue weighted by molar-refractivity contribution is -0.136. The molecule has 1 aromatic rings. The number of carbonyl (C=O) groups excluding carboxylic acids is 2. The van der Waals surface area contributed by atoms with Gasteiger partial charge in [0.2, 0.25) is 0 Å². The Morgan fingerprint density at radius 1 is 1.27 bits per heavy atom. The van der Waals surface area contributed by atoms with E-state index in [-0.39, 0.29) is 0 Å². The normalized spacial score (nSPS) is 15.3. The van der Waals surface area contributed by atoms with Gasteiger partial charge in [-0.25, -0.2) is 4.98 Å². The number of pyridine rings is 1. The maximum atomic E-state index is 11.7. The molecule has 2 heterocycles. The Balaban J connectivity index is 1.64. The van der Waals surface area contributed by atoms with Crippen molar-refractivity contribution in [3.05, 3.63) is 23.9 Å². The van der Waals surface area contributed by atoms with Gasteiger partial charge in [0.15, 0.2) is 0 Å². The topological polar surface area (TPSA) is 83.6 Å². The van der Waals surface area contributed by atoms with Crippen LogP contribution in [-0.4, -0.2) is 61.1 Å². The first-order chi connectivity index (χ1) is 10.6. The van der Waals surface area contributed by atoms with E-state index in [4.69, 9.17) is 4.74 Å². The maximum Gasteiger partial charge on any atom is 0.314 e. The quantitative estimate of drug-likeness (QED) is 0.598. The van der Waals surface area contributed by atoms with Crippen molar-refractivity contribution in [2.75, 3.05) is 44.7 Å². The zero-order valence-corrected chi connectivity index (χ0v) is 12.8. The zero-order chi connectivity index (χ0) is 15.8. The number of nitrogens with zero attached hydrogens (tertiary/aromatic N) is 2. The molecule has 120 valence electrons. The van der Waals surface area contributed by atoms with Crippen LogP contribution in [0.2, 0.25) is 0 Å². The summed E-state index contributed by atoms with van der Waals surface area (Å²) < 4.78 is 5.27. The van der Waals surface area contributed by atoms with Crippen LogP contribution in [0, 0.1) is 6.92 Å². The highest BCUT2D eigenvalue weighted by molar-refractivity contribution is 6.39. The Morgan fingerprint density at radius 3 is 2.77 bits per heavy atom. The minimum Gasteiger partial charge on any atom is -0.379 e. The number of rotatable bonds is 5. The van der Waals surface area contributed by atoms with Crippen LogP contribution < -0.4 is 10.6 Å². The van der Waals surface area contributed by atoms with Crippen molar-refractivity contribution < 1.29 is 14.3 Å². The van der Waals surface area contributed by atoms with E-state index in [1.54, 1.807) is 12.1 Å². The molecule has 1 aliphatic heterocycles. The van der Waals surface area contributed by atoms with Crippen LogP contribution in [0.4, 0.5) is 5.82 Å². The number of morpholine rings is 1.